The fourth-order valence-electron chi connectivity index (χ4n) is 3.03. The van der Waals surface area contributed by atoms with Gasteiger partial charge >= 0.3 is 0 Å². The summed E-state index contributed by atoms with van der Waals surface area (Å²) in [5.41, 5.74) is 2.16. The first-order valence-corrected chi connectivity index (χ1v) is 9.97. The maximum absolute atomic E-state index is 13.0. The van der Waals surface area contributed by atoms with E-state index in [1.165, 1.54) is 22.9 Å². The summed E-state index contributed by atoms with van der Waals surface area (Å²) in [4.78, 5) is 0. The van der Waals surface area contributed by atoms with E-state index in [1.807, 2.05) is 29.8 Å². The van der Waals surface area contributed by atoms with Crippen LogP contribution in [0.5, 0.6) is 5.75 Å². The molecule has 28 heavy (non-hydrogen) atoms. The van der Waals surface area contributed by atoms with E-state index < -0.39 is 0 Å². The molecule has 0 bridgehead atoms. The first kappa shape index (κ1) is 18.5. The number of fused-ring (bicyclic) bond motifs is 1. The Labute approximate surface area is 167 Å². The molecule has 0 saturated carbocycles. The lowest BCUT2D eigenvalue weighted by Crippen LogP contribution is -2.05. The molecule has 0 radical (unpaired) electrons. The Hall–Kier alpha value is -2.86. The molecule has 0 aliphatic heterocycles. The van der Waals surface area contributed by atoms with Gasteiger partial charge in [0, 0.05) is 12.8 Å². The van der Waals surface area contributed by atoms with E-state index in [0.717, 1.165) is 27.9 Å². The standard InChI is InChI=1S/C22H20FN3OS/c1-15-19-6-4-3-5-17(19)9-12-20(15)27-13-21-24-25-22(26(21)2)28-14-16-7-10-18(23)11-8-16/h3-12H,13-14H2,1-2H3. The molecule has 0 aliphatic rings. The van der Waals surface area contributed by atoms with Crippen molar-refractivity contribution in [3.8, 4) is 5.75 Å². The molecule has 4 rings (SSSR count). The van der Waals surface area contributed by atoms with Gasteiger partial charge in [-0.1, -0.05) is 54.2 Å². The second-order valence-electron chi connectivity index (χ2n) is 6.57. The van der Waals surface area contributed by atoms with Crippen molar-refractivity contribution in [3.63, 3.8) is 0 Å². The van der Waals surface area contributed by atoms with Crippen LogP contribution in [0.2, 0.25) is 0 Å². The molecule has 0 atom stereocenters. The molecular weight excluding hydrogens is 373 g/mol. The lowest BCUT2D eigenvalue weighted by molar-refractivity contribution is 0.289. The van der Waals surface area contributed by atoms with Crippen molar-refractivity contribution in [2.24, 2.45) is 7.05 Å². The van der Waals surface area contributed by atoms with Crippen LogP contribution in [0.3, 0.4) is 0 Å². The Morgan fingerprint density at radius 3 is 2.61 bits per heavy atom. The smallest absolute Gasteiger partial charge is 0.191 e. The zero-order valence-corrected chi connectivity index (χ0v) is 16.5. The highest BCUT2D eigenvalue weighted by molar-refractivity contribution is 7.98. The minimum Gasteiger partial charge on any atom is -0.485 e. The SMILES string of the molecule is Cc1c(OCc2nnc(SCc3ccc(F)cc3)n2C)ccc2ccccc12. The number of benzene rings is 3. The summed E-state index contributed by atoms with van der Waals surface area (Å²) in [7, 11) is 1.93. The third-order valence-corrected chi connectivity index (χ3v) is 5.80. The molecule has 0 fully saturated rings. The van der Waals surface area contributed by atoms with Gasteiger partial charge in [0.05, 0.1) is 0 Å². The van der Waals surface area contributed by atoms with Crippen molar-refractivity contribution in [2.45, 2.75) is 24.4 Å². The third kappa shape index (κ3) is 3.87. The van der Waals surface area contributed by atoms with Crippen LogP contribution in [0.4, 0.5) is 4.39 Å². The van der Waals surface area contributed by atoms with Crippen LogP contribution >= 0.6 is 11.8 Å². The topological polar surface area (TPSA) is 39.9 Å². The molecule has 0 spiro atoms. The molecule has 142 valence electrons. The number of hydrogen-bond acceptors (Lipinski definition) is 4. The summed E-state index contributed by atoms with van der Waals surface area (Å²) in [5, 5.41) is 11.7. The van der Waals surface area contributed by atoms with E-state index >= 15 is 0 Å². The van der Waals surface area contributed by atoms with Crippen molar-refractivity contribution in [2.75, 3.05) is 0 Å². The highest BCUT2D eigenvalue weighted by Crippen LogP contribution is 2.28. The molecule has 4 aromatic rings. The highest BCUT2D eigenvalue weighted by atomic mass is 32.2. The van der Waals surface area contributed by atoms with Gasteiger partial charge in [-0.05, 0) is 47.0 Å². The number of ether oxygens (including phenoxy) is 1. The summed E-state index contributed by atoms with van der Waals surface area (Å²) in [6.45, 7) is 2.41. The van der Waals surface area contributed by atoms with E-state index in [0.29, 0.717) is 12.4 Å². The van der Waals surface area contributed by atoms with Gasteiger partial charge in [0.15, 0.2) is 11.0 Å². The predicted octanol–water partition coefficient (Wildman–Crippen LogP) is 5.29. The van der Waals surface area contributed by atoms with Crippen molar-refractivity contribution < 1.29 is 9.13 Å². The van der Waals surface area contributed by atoms with E-state index in [1.54, 1.807) is 23.9 Å². The molecule has 0 amide bonds. The summed E-state index contributed by atoms with van der Waals surface area (Å²) in [5.74, 6) is 2.09. The number of aryl methyl sites for hydroxylation is 1. The Kier molecular flexibility index (Phi) is 5.30. The zero-order valence-electron chi connectivity index (χ0n) is 15.7. The van der Waals surface area contributed by atoms with Gasteiger partial charge in [0.1, 0.15) is 18.2 Å². The van der Waals surface area contributed by atoms with Crippen molar-refractivity contribution in [3.05, 3.63) is 83.4 Å². The largest absolute Gasteiger partial charge is 0.485 e. The molecular formula is C22H20FN3OS. The molecule has 1 aromatic heterocycles. The van der Waals surface area contributed by atoms with Crippen LogP contribution in [-0.4, -0.2) is 14.8 Å². The molecule has 0 N–H and O–H groups in total. The van der Waals surface area contributed by atoms with Crippen LogP contribution in [-0.2, 0) is 19.4 Å². The van der Waals surface area contributed by atoms with Gasteiger partial charge in [-0.15, -0.1) is 10.2 Å². The van der Waals surface area contributed by atoms with Gasteiger partial charge < -0.3 is 9.30 Å². The zero-order chi connectivity index (χ0) is 19.5. The number of aromatic nitrogens is 3. The van der Waals surface area contributed by atoms with Crippen LogP contribution < -0.4 is 4.74 Å². The normalized spacial score (nSPS) is 11.1. The van der Waals surface area contributed by atoms with Gasteiger partial charge in [0.2, 0.25) is 0 Å². The highest BCUT2D eigenvalue weighted by Gasteiger charge is 2.11. The van der Waals surface area contributed by atoms with Crippen molar-refractivity contribution in [1.29, 1.82) is 0 Å². The van der Waals surface area contributed by atoms with E-state index in [4.69, 9.17) is 4.74 Å². The number of hydrogen-bond donors (Lipinski definition) is 0. The molecule has 1 heterocycles. The fourth-order valence-corrected chi connectivity index (χ4v) is 3.92. The minimum atomic E-state index is -0.226. The summed E-state index contributed by atoms with van der Waals surface area (Å²) >= 11 is 1.56. The third-order valence-electron chi connectivity index (χ3n) is 4.71. The average molecular weight is 393 g/mol. The monoisotopic (exact) mass is 393 g/mol. The fraction of sp³-hybridized carbons (Fsp3) is 0.182. The lowest BCUT2D eigenvalue weighted by atomic mass is 10.0. The first-order chi connectivity index (χ1) is 13.6. The van der Waals surface area contributed by atoms with Crippen molar-refractivity contribution in [1.82, 2.24) is 14.8 Å². The van der Waals surface area contributed by atoms with E-state index in [2.05, 4.69) is 35.3 Å². The Bertz CT molecular complexity index is 1110. The van der Waals surface area contributed by atoms with E-state index in [9.17, 15) is 4.39 Å². The number of nitrogens with zero attached hydrogens (tertiary/aromatic N) is 3. The molecule has 4 nitrogen and oxygen atoms in total. The lowest BCUT2D eigenvalue weighted by Gasteiger charge is -2.11. The average Bonchev–Trinajstić information content (AvgIpc) is 3.07. The number of rotatable bonds is 6. The van der Waals surface area contributed by atoms with Gasteiger partial charge in [-0.2, -0.15) is 0 Å². The summed E-state index contributed by atoms with van der Waals surface area (Å²) in [6.07, 6.45) is 0. The Morgan fingerprint density at radius 1 is 1.00 bits per heavy atom. The van der Waals surface area contributed by atoms with Gasteiger partial charge in [0.25, 0.3) is 0 Å². The molecule has 6 heteroatoms. The van der Waals surface area contributed by atoms with Gasteiger partial charge in [-0.3, -0.25) is 0 Å². The Balaban J connectivity index is 1.43. The quantitative estimate of drug-likeness (QED) is 0.418. The maximum Gasteiger partial charge on any atom is 0.191 e. The second-order valence-corrected chi connectivity index (χ2v) is 7.51. The van der Waals surface area contributed by atoms with E-state index in [-0.39, 0.29) is 5.82 Å². The maximum atomic E-state index is 13.0. The van der Waals surface area contributed by atoms with Crippen LogP contribution in [0.15, 0.2) is 65.8 Å². The summed E-state index contributed by atoms with van der Waals surface area (Å²) in [6, 6.07) is 18.8. The first-order valence-electron chi connectivity index (χ1n) is 8.98. The van der Waals surface area contributed by atoms with Crippen LogP contribution in [0, 0.1) is 12.7 Å². The molecule has 3 aromatic carbocycles. The summed E-state index contributed by atoms with van der Waals surface area (Å²) < 4.78 is 21.0. The molecule has 0 aliphatic carbocycles. The second kappa shape index (κ2) is 8.02. The minimum absolute atomic E-state index is 0.226. The Morgan fingerprint density at radius 2 is 1.79 bits per heavy atom. The number of thioether (sulfide) groups is 1. The van der Waals surface area contributed by atoms with Crippen LogP contribution in [0.25, 0.3) is 10.8 Å². The molecule has 0 unspecified atom stereocenters. The van der Waals surface area contributed by atoms with Gasteiger partial charge in [-0.25, -0.2) is 4.39 Å². The molecule has 0 saturated heterocycles. The van der Waals surface area contributed by atoms with Crippen LogP contribution in [0.1, 0.15) is 17.0 Å². The number of halogens is 1. The van der Waals surface area contributed by atoms with Crippen molar-refractivity contribution >= 4 is 22.5 Å². The predicted molar refractivity (Wildman–Crippen MR) is 110 cm³/mol.